The lowest BCUT2D eigenvalue weighted by molar-refractivity contribution is -0.137. The molecule has 0 aliphatic heterocycles. The number of carbonyl (C=O) groups is 2. The molecule has 0 saturated heterocycles. The van der Waals surface area contributed by atoms with E-state index >= 15 is 0 Å². The highest BCUT2D eigenvalue weighted by molar-refractivity contribution is 7.13. The van der Waals surface area contributed by atoms with Crippen LogP contribution in [0.15, 0.2) is 21.9 Å². The molecule has 2 rings (SSSR count). The summed E-state index contributed by atoms with van der Waals surface area (Å²) >= 11 is 1.34. The summed E-state index contributed by atoms with van der Waals surface area (Å²) in [6.07, 6.45) is 0.470. The fraction of sp³-hybridized carbons (Fsp3) is 0.357. The summed E-state index contributed by atoms with van der Waals surface area (Å²) in [5.41, 5.74) is 0.349. The van der Waals surface area contributed by atoms with E-state index < -0.39 is 5.97 Å². The average molecular weight is 308 g/mol. The van der Waals surface area contributed by atoms with Crippen molar-refractivity contribution in [2.45, 2.75) is 19.8 Å². The summed E-state index contributed by atoms with van der Waals surface area (Å²) in [4.78, 5) is 28.4. The van der Waals surface area contributed by atoms with Gasteiger partial charge in [0, 0.05) is 25.4 Å². The monoisotopic (exact) mass is 308 g/mol. The third-order valence-corrected chi connectivity index (χ3v) is 3.76. The molecular formula is C14H16N2O4S. The maximum Gasteiger partial charge on any atom is 0.303 e. The van der Waals surface area contributed by atoms with E-state index in [-0.39, 0.29) is 12.3 Å². The number of aryl methyl sites for hydroxylation is 1. The molecule has 0 unspecified atom stereocenters. The smallest absolute Gasteiger partial charge is 0.303 e. The summed E-state index contributed by atoms with van der Waals surface area (Å²) < 4.78 is 5.47. The molecule has 112 valence electrons. The van der Waals surface area contributed by atoms with Gasteiger partial charge < -0.3 is 14.4 Å². The van der Waals surface area contributed by atoms with Crippen molar-refractivity contribution in [3.05, 3.63) is 29.0 Å². The van der Waals surface area contributed by atoms with Crippen molar-refractivity contribution < 1.29 is 19.1 Å². The number of hydrogen-bond donors (Lipinski definition) is 1. The Balaban J connectivity index is 2.00. The van der Waals surface area contributed by atoms with Crippen LogP contribution in [0.3, 0.4) is 0 Å². The maximum atomic E-state index is 12.2. The van der Waals surface area contributed by atoms with Crippen molar-refractivity contribution in [3.63, 3.8) is 0 Å². The summed E-state index contributed by atoms with van der Waals surface area (Å²) in [6, 6.07) is 3.66. The first-order valence-electron chi connectivity index (χ1n) is 6.47. The molecule has 6 nitrogen and oxygen atoms in total. The van der Waals surface area contributed by atoms with Gasteiger partial charge >= 0.3 is 5.97 Å². The molecule has 0 atom stereocenters. The van der Waals surface area contributed by atoms with Gasteiger partial charge in [0.15, 0.2) is 10.8 Å². The first-order valence-corrected chi connectivity index (χ1v) is 7.35. The Hall–Kier alpha value is -2.15. The van der Waals surface area contributed by atoms with Gasteiger partial charge in [-0.15, -0.1) is 11.3 Å². The molecule has 0 fully saturated rings. The number of furan rings is 1. The zero-order valence-corrected chi connectivity index (χ0v) is 12.6. The quantitative estimate of drug-likeness (QED) is 0.887. The minimum absolute atomic E-state index is 0.0472. The fourth-order valence-corrected chi connectivity index (χ4v) is 2.55. The van der Waals surface area contributed by atoms with Gasteiger partial charge in [-0.25, -0.2) is 4.98 Å². The second-order valence-corrected chi connectivity index (χ2v) is 5.53. The Morgan fingerprint density at radius 2 is 2.19 bits per heavy atom. The molecule has 0 saturated carbocycles. The van der Waals surface area contributed by atoms with Gasteiger partial charge in [-0.3, -0.25) is 9.59 Å². The van der Waals surface area contributed by atoms with Crippen LogP contribution in [0.5, 0.6) is 0 Å². The van der Waals surface area contributed by atoms with Crippen LogP contribution < -0.4 is 0 Å². The van der Waals surface area contributed by atoms with Gasteiger partial charge in [0.25, 0.3) is 5.91 Å². The van der Waals surface area contributed by atoms with Gasteiger partial charge in [0.05, 0.1) is 0 Å². The number of carboxylic acids is 1. The Morgan fingerprint density at radius 3 is 2.81 bits per heavy atom. The molecule has 0 radical (unpaired) electrons. The maximum absolute atomic E-state index is 12.2. The lowest BCUT2D eigenvalue weighted by Crippen LogP contribution is -2.28. The number of hydrogen-bond acceptors (Lipinski definition) is 5. The summed E-state index contributed by atoms with van der Waals surface area (Å²) in [6.45, 7) is 2.23. The first kappa shape index (κ1) is 15.2. The summed E-state index contributed by atoms with van der Waals surface area (Å²) in [5.74, 6) is 0.357. The number of carboxylic acid groups (broad SMARTS) is 1. The zero-order valence-electron chi connectivity index (χ0n) is 11.8. The van der Waals surface area contributed by atoms with E-state index in [2.05, 4.69) is 4.98 Å². The number of amides is 1. The second-order valence-electron chi connectivity index (χ2n) is 4.67. The van der Waals surface area contributed by atoms with Crippen molar-refractivity contribution in [2.75, 3.05) is 13.6 Å². The normalized spacial score (nSPS) is 10.6. The largest absolute Gasteiger partial charge is 0.481 e. The summed E-state index contributed by atoms with van der Waals surface area (Å²) in [5, 5.41) is 10.9. The zero-order chi connectivity index (χ0) is 15.4. The van der Waals surface area contributed by atoms with Crippen LogP contribution in [0.2, 0.25) is 0 Å². The number of aromatic nitrogens is 1. The lowest BCUT2D eigenvalue weighted by Gasteiger charge is -2.14. The molecule has 0 spiro atoms. The molecule has 2 heterocycles. The van der Waals surface area contributed by atoms with Crippen molar-refractivity contribution in [2.24, 2.45) is 0 Å². The highest BCUT2D eigenvalue weighted by atomic mass is 32.1. The third kappa shape index (κ3) is 3.91. The molecule has 0 aliphatic rings. The van der Waals surface area contributed by atoms with Crippen LogP contribution in [-0.2, 0) is 4.79 Å². The third-order valence-electron chi connectivity index (χ3n) is 2.91. The SMILES string of the molecule is Cc1ccc(-c2nc(C(=O)N(C)CCCC(=O)O)cs2)o1. The van der Waals surface area contributed by atoms with Crippen LogP contribution in [0, 0.1) is 6.92 Å². The molecule has 0 aliphatic carbocycles. The molecule has 2 aromatic heterocycles. The molecular weight excluding hydrogens is 292 g/mol. The van der Waals surface area contributed by atoms with Crippen molar-refractivity contribution >= 4 is 23.2 Å². The van der Waals surface area contributed by atoms with E-state index in [1.54, 1.807) is 12.4 Å². The first-order chi connectivity index (χ1) is 9.97. The predicted octanol–water partition coefficient (Wildman–Crippen LogP) is 2.65. The van der Waals surface area contributed by atoms with Gasteiger partial charge in [-0.05, 0) is 25.5 Å². The van der Waals surface area contributed by atoms with E-state index in [1.807, 2.05) is 19.1 Å². The fourth-order valence-electron chi connectivity index (χ4n) is 1.80. The number of nitrogens with zero attached hydrogens (tertiary/aromatic N) is 2. The lowest BCUT2D eigenvalue weighted by atomic mass is 10.3. The van der Waals surface area contributed by atoms with Crippen LogP contribution in [0.25, 0.3) is 10.8 Å². The van der Waals surface area contributed by atoms with Crippen molar-refractivity contribution in [1.82, 2.24) is 9.88 Å². The van der Waals surface area contributed by atoms with E-state index in [1.165, 1.54) is 16.2 Å². The Bertz CT molecular complexity index is 647. The molecule has 21 heavy (non-hydrogen) atoms. The minimum Gasteiger partial charge on any atom is -0.481 e. The molecule has 7 heteroatoms. The number of thiazole rings is 1. The van der Waals surface area contributed by atoms with Gasteiger partial charge in [0.2, 0.25) is 0 Å². The van der Waals surface area contributed by atoms with Crippen molar-refractivity contribution in [1.29, 1.82) is 0 Å². The van der Waals surface area contributed by atoms with Gasteiger partial charge in [0.1, 0.15) is 11.5 Å². The topological polar surface area (TPSA) is 83.6 Å². The highest BCUT2D eigenvalue weighted by Crippen LogP contribution is 2.25. The summed E-state index contributed by atoms with van der Waals surface area (Å²) in [7, 11) is 1.64. The second kappa shape index (κ2) is 6.53. The van der Waals surface area contributed by atoms with E-state index in [9.17, 15) is 9.59 Å². The van der Waals surface area contributed by atoms with Crippen LogP contribution in [-0.4, -0.2) is 40.5 Å². The highest BCUT2D eigenvalue weighted by Gasteiger charge is 2.17. The molecule has 1 amide bonds. The van der Waals surface area contributed by atoms with Crippen molar-refractivity contribution in [3.8, 4) is 10.8 Å². The van der Waals surface area contributed by atoms with Gasteiger partial charge in [-0.2, -0.15) is 0 Å². The minimum atomic E-state index is -0.861. The van der Waals surface area contributed by atoms with E-state index in [0.717, 1.165) is 5.76 Å². The molecule has 2 aromatic rings. The van der Waals surface area contributed by atoms with E-state index in [4.69, 9.17) is 9.52 Å². The Kier molecular flexibility index (Phi) is 4.74. The molecule has 0 bridgehead atoms. The standard InChI is InChI=1S/C14H16N2O4S/c1-9-5-6-11(20-9)13-15-10(8-21-13)14(19)16(2)7-3-4-12(17)18/h5-6,8H,3-4,7H2,1-2H3,(H,17,18). The molecule has 1 N–H and O–H groups in total. The predicted molar refractivity (Wildman–Crippen MR) is 78.4 cm³/mol. The van der Waals surface area contributed by atoms with Crippen LogP contribution in [0.4, 0.5) is 0 Å². The number of aliphatic carboxylic acids is 1. The average Bonchev–Trinajstić information content (AvgIpc) is 3.05. The van der Waals surface area contributed by atoms with Crippen LogP contribution >= 0.6 is 11.3 Å². The van der Waals surface area contributed by atoms with Gasteiger partial charge in [-0.1, -0.05) is 0 Å². The number of rotatable bonds is 6. The Labute approximate surface area is 126 Å². The van der Waals surface area contributed by atoms with Crippen LogP contribution in [0.1, 0.15) is 29.1 Å². The number of carbonyl (C=O) groups excluding carboxylic acids is 1. The molecule has 0 aromatic carbocycles. The van der Waals surface area contributed by atoms with E-state index in [0.29, 0.717) is 29.4 Å². The Morgan fingerprint density at radius 1 is 1.43 bits per heavy atom.